The number of carbonyl (C=O) groups excluding carboxylic acids is 3. The van der Waals surface area contributed by atoms with Crippen LogP contribution in [0.5, 0.6) is 0 Å². The first-order valence-electron chi connectivity index (χ1n) is 8.21. The van der Waals surface area contributed by atoms with Crippen molar-refractivity contribution in [1.29, 1.82) is 0 Å². The fraction of sp³-hybridized carbons (Fsp3) is 0.294. The number of carbonyl (C=O) groups is 3. The number of aromatic nitrogens is 2. The van der Waals surface area contributed by atoms with Gasteiger partial charge in [-0.3, -0.25) is 14.5 Å². The average Bonchev–Trinajstić information content (AvgIpc) is 3.11. The topological polar surface area (TPSA) is 118 Å². The van der Waals surface area contributed by atoms with Gasteiger partial charge in [0.15, 0.2) is 0 Å². The predicted octanol–water partition coefficient (Wildman–Crippen LogP) is 2.15. The summed E-state index contributed by atoms with van der Waals surface area (Å²) in [6, 6.07) is 4.80. The van der Waals surface area contributed by atoms with Gasteiger partial charge in [0.25, 0.3) is 5.22 Å². The fourth-order valence-corrected chi connectivity index (χ4v) is 3.04. The van der Waals surface area contributed by atoms with Crippen LogP contribution in [0, 0.1) is 11.7 Å². The molecule has 2 aromatic rings. The van der Waals surface area contributed by atoms with E-state index in [0.717, 1.165) is 16.7 Å². The van der Waals surface area contributed by atoms with Gasteiger partial charge >= 0.3 is 6.03 Å². The van der Waals surface area contributed by atoms with Crippen LogP contribution in [0.3, 0.4) is 0 Å². The zero-order valence-corrected chi connectivity index (χ0v) is 15.8. The second-order valence-corrected chi connectivity index (χ2v) is 6.92. The Morgan fingerprint density at radius 1 is 1.29 bits per heavy atom. The van der Waals surface area contributed by atoms with E-state index in [4.69, 9.17) is 4.42 Å². The van der Waals surface area contributed by atoms with Crippen LogP contribution >= 0.6 is 11.8 Å². The Kier molecular flexibility index (Phi) is 5.83. The number of halogens is 1. The molecule has 1 unspecified atom stereocenters. The van der Waals surface area contributed by atoms with Crippen LogP contribution in [0.25, 0.3) is 0 Å². The molecule has 1 N–H and O–H groups in total. The Bertz CT molecular complexity index is 943. The molecule has 0 radical (unpaired) electrons. The van der Waals surface area contributed by atoms with Crippen molar-refractivity contribution in [1.82, 2.24) is 15.1 Å². The molecule has 1 aliphatic heterocycles. The van der Waals surface area contributed by atoms with Crippen molar-refractivity contribution in [2.75, 3.05) is 18.1 Å². The maximum absolute atomic E-state index is 12.9. The normalized spacial score (nSPS) is 16.9. The van der Waals surface area contributed by atoms with Crippen LogP contribution in [0.2, 0.25) is 0 Å². The molecule has 3 rings (SSSR count). The molecule has 0 bridgehead atoms. The minimum Gasteiger partial charge on any atom is -0.416 e. The Morgan fingerprint density at radius 3 is 2.71 bits per heavy atom. The third-order valence-corrected chi connectivity index (χ3v) is 4.79. The van der Waals surface area contributed by atoms with Crippen LogP contribution in [-0.2, 0) is 16.0 Å². The number of thioether (sulfide) groups is 1. The lowest BCUT2D eigenvalue weighted by Gasteiger charge is -2.24. The second kappa shape index (κ2) is 8.30. The number of urea groups is 1. The van der Waals surface area contributed by atoms with Crippen molar-refractivity contribution in [2.45, 2.75) is 18.6 Å². The minimum absolute atomic E-state index is 0.0130. The van der Waals surface area contributed by atoms with E-state index in [1.165, 1.54) is 31.3 Å². The molecular formula is C17H16FN5O4S. The lowest BCUT2D eigenvalue weighted by Crippen LogP contribution is -2.44. The number of nitrogens with one attached hydrogen (secondary N) is 1. The zero-order valence-electron chi connectivity index (χ0n) is 15.0. The molecular weight excluding hydrogens is 389 g/mol. The maximum Gasteiger partial charge on any atom is 0.349 e. The van der Waals surface area contributed by atoms with Gasteiger partial charge in [-0.05, 0) is 31.2 Å². The average molecular weight is 405 g/mol. The van der Waals surface area contributed by atoms with Gasteiger partial charge in [-0.25, -0.2) is 14.2 Å². The number of imide groups is 1. The molecule has 4 amide bonds. The summed E-state index contributed by atoms with van der Waals surface area (Å²) in [7, 11) is 1.36. The number of benzene rings is 1. The maximum atomic E-state index is 12.9. The van der Waals surface area contributed by atoms with Gasteiger partial charge in [0.1, 0.15) is 5.82 Å². The quantitative estimate of drug-likeness (QED) is 0.732. The van der Waals surface area contributed by atoms with Gasteiger partial charge in [0, 0.05) is 24.9 Å². The molecule has 0 spiro atoms. The number of anilines is 1. The molecule has 1 aromatic heterocycles. The molecule has 9 nitrogen and oxygen atoms in total. The van der Waals surface area contributed by atoms with Crippen LogP contribution in [0.1, 0.15) is 12.8 Å². The molecule has 1 aliphatic rings. The molecule has 146 valence electrons. The molecule has 2 heterocycles. The summed E-state index contributed by atoms with van der Waals surface area (Å²) >= 11 is 1.03. The Labute approximate surface area is 163 Å². The van der Waals surface area contributed by atoms with Gasteiger partial charge in [0.05, 0.1) is 11.7 Å². The van der Waals surface area contributed by atoms with E-state index in [1.54, 1.807) is 6.92 Å². The predicted molar refractivity (Wildman–Crippen MR) is 98.5 cm³/mol. The molecule has 11 heteroatoms. The van der Waals surface area contributed by atoms with Crippen LogP contribution in [0.4, 0.5) is 14.9 Å². The monoisotopic (exact) mass is 405 g/mol. The number of nitrogens with zero attached hydrogens (tertiary/aromatic N) is 4. The number of rotatable bonds is 6. The van der Waals surface area contributed by atoms with E-state index in [0.29, 0.717) is 11.4 Å². The van der Waals surface area contributed by atoms with Crippen molar-refractivity contribution in [3.8, 4) is 0 Å². The second-order valence-electron chi connectivity index (χ2n) is 6.00. The molecule has 1 atom stereocenters. The van der Waals surface area contributed by atoms with E-state index in [2.05, 4.69) is 20.5 Å². The van der Waals surface area contributed by atoms with Crippen molar-refractivity contribution in [2.24, 2.45) is 10.9 Å². The summed E-state index contributed by atoms with van der Waals surface area (Å²) in [4.78, 5) is 40.4. The Morgan fingerprint density at radius 2 is 2.00 bits per heavy atom. The molecule has 0 saturated carbocycles. The molecule has 0 saturated heterocycles. The van der Waals surface area contributed by atoms with Crippen LogP contribution in [0.15, 0.2) is 38.9 Å². The van der Waals surface area contributed by atoms with E-state index in [-0.39, 0.29) is 35.1 Å². The van der Waals surface area contributed by atoms with Gasteiger partial charge in [0.2, 0.25) is 17.7 Å². The highest BCUT2D eigenvalue weighted by molar-refractivity contribution is 7.99. The van der Waals surface area contributed by atoms with Crippen molar-refractivity contribution >= 4 is 41.0 Å². The zero-order chi connectivity index (χ0) is 20.3. The third-order valence-electron chi connectivity index (χ3n) is 3.97. The Hall–Kier alpha value is -3.08. The first-order valence-corrected chi connectivity index (χ1v) is 9.19. The number of hydrogen-bond donors (Lipinski definition) is 1. The largest absolute Gasteiger partial charge is 0.416 e. The molecule has 1 aromatic carbocycles. The van der Waals surface area contributed by atoms with E-state index >= 15 is 0 Å². The summed E-state index contributed by atoms with van der Waals surface area (Å²) in [5, 5.41) is 10.5. The van der Waals surface area contributed by atoms with Crippen LogP contribution in [-0.4, -0.2) is 51.5 Å². The highest BCUT2D eigenvalue weighted by Gasteiger charge is 2.34. The van der Waals surface area contributed by atoms with E-state index in [1.807, 2.05) is 0 Å². The fourth-order valence-electron chi connectivity index (χ4n) is 2.46. The Balaban J connectivity index is 1.55. The molecule has 28 heavy (non-hydrogen) atoms. The highest BCUT2D eigenvalue weighted by atomic mass is 32.2. The lowest BCUT2D eigenvalue weighted by molar-refractivity contribution is -0.129. The highest BCUT2D eigenvalue weighted by Crippen LogP contribution is 2.21. The summed E-state index contributed by atoms with van der Waals surface area (Å²) in [5.74, 6) is -1.53. The van der Waals surface area contributed by atoms with Gasteiger partial charge < -0.3 is 9.73 Å². The lowest BCUT2D eigenvalue weighted by atomic mass is 9.97. The molecule has 0 fully saturated rings. The standard InChI is InChI=1S/C17H16FN5O4S/c1-9-12(15(25)23(2)16(26)19-9)7-14-21-22-17(27-14)28-8-13(24)20-11-5-3-10(18)4-6-11/h3-6,12H,7-8H2,1-2H3,(H,20,24). The van der Waals surface area contributed by atoms with Crippen LogP contribution < -0.4 is 5.32 Å². The van der Waals surface area contributed by atoms with Crippen molar-refractivity contribution in [3.05, 3.63) is 36.0 Å². The summed E-state index contributed by atoms with van der Waals surface area (Å²) < 4.78 is 18.3. The first kappa shape index (κ1) is 19.7. The summed E-state index contributed by atoms with van der Waals surface area (Å²) in [6.45, 7) is 1.60. The van der Waals surface area contributed by atoms with E-state index in [9.17, 15) is 18.8 Å². The van der Waals surface area contributed by atoms with Crippen molar-refractivity contribution < 1.29 is 23.2 Å². The number of aliphatic imine (C=N–C) groups is 1. The molecule has 0 aliphatic carbocycles. The number of hydrogen-bond acceptors (Lipinski definition) is 7. The summed E-state index contributed by atoms with van der Waals surface area (Å²) in [6.07, 6.45) is 0.112. The number of amides is 4. The van der Waals surface area contributed by atoms with E-state index < -0.39 is 17.8 Å². The summed E-state index contributed by atoms with van der Waals surface area (Å²) in [5.41, 5.74) is 0.863. The van der Waals surface area contributed by atoms with Gasteiger partial charge in [-0.1, -0.05) is 11.8 Å². The minimum atomic E-state index is -0.650. The van der Waals surface area contributed by atoms with Crippen molar-refractivity contribution in [3.63, 3.8) is 0 Å². The SMILES string of the molecule is CC1=NC(=O)N(C)C(=O)C1Cc1nnc(SCC(=O)Nc2ccc(F)cc2)o1. The first-order chi connectivity index (χ1) is 13.3. The third kappa shape index (κ3) is 4.60. The smallest absolute Gasteiger partial charge is 0.349 e. The van der Waals surface area contributed by atoms with Gasteiger partial charge in [-0.15, -0.1) is 10.2 Å². The van der Waals surface area contributed by atoms with Gasteiger partial charge in [-0.2, -0.15) is 0 Å².